The Labute approximate surface area is 159 Å². The molecule has 27 heavy (non-hydrogen) atoms. The van der Waals surface area contributed by atoms with Crippen LogP contribution >= 0.6 is 0 Å². The Bertz CT molecular complexity index is 1020. The maximum absolute atomic E-state index is 12.6. The van der Waals surface area contributed by atoms with Gasteiger partial charge in [-0.15, -0.1) is 0 Å². The molecule has 4 N–H and O–H groups in total. The zero-order chi connectivity index (χ0) is 19.6. The number of amides is 1. The molecule has 1 amide bonds. The number of pyridine rings is 1. The maximum Gasteiger partial charge on any atom is 0.280 e. The van der Waals surface area contributed by atoms with E-state index in [1.54, 1.807) is 6.07 Å². The number of hydrogen-bond donors (Lipinski definition) is 2. The fraction of sp³-hybridized carbons (Fsp3) is 0.227. The summed E-state index contributed by atoms with van der Waals surface area (Å²) < 4.78 is 0. The summed E-state index contributed by atoms with van der Waals surface area (Å²) in [5, 5.41) is 0.727. The van der Waals surface area contributed by atoms with E-state index in [0.29, 0.717) is 17.4 Å². The van der Waals surface area contributed by atoms with Crippen LogP contribution in [-0.2, 0) is 0 Å². The number of guanidine groups is 1. The van der Waals surface area contributed by atoms with E-state index in [0.717, 1.165) is 22.2 Å². The number of para-hydroxylation sites is 1. The van der Waals surface area contributed by atoms with E-state index >= 15 is 0 Å². The zero-order valence-corrected chi connectivity index (χ0v) is 15.8. The Kier molecular flexibility index (Phi) is 5.21. The van der Waals surface area contributed by atoms with Crippen molar-refractivity contribution in [3.63, 3.8) is 0 Å². The zero-order valence-electron chi connectivity index (χ0n) is 15.8. The third kappa shape index (κ3) is 3.82. The number of fused-ring (bicyclic) bond motifs is 1. The van der Waals surface area contributed by atoms with Gasteiger partial charge in [0, 0.05) is 10.9 Å². The fourth-order valence-electron chi connectivity index (χ4n) is 3.15. The van der Waals surface area contributed by atoms with Crippen molar-refractivity contribution >= 4 is 22.8 Å². The SMILES string of the molecule is CC(C)C(C)c1ccccc1-c1cc(C(=O)N=C(N)N)c2ccccc2n1. The highest BCUT2D eigenvalue weighted by Crippen LogP contribution is 2.34. The predicted octanol–water partition coefficient (Wildman–Crippen LogP) is 4.07. The van der Waals surface area contributed by atoms with Gasteiger partial charge < -0.3 is 11.5 Å². The highest BCUT2D eigenvalue weighted by Gasteiger charge is 2.18. The number of aromatic nitrogens is 1. The molecule has 0 radical (unpaired) electrons. The topological polar surface area (TPSA) is 94.4 Å². The average Bonchev–Trinajstić information content (AvgIpc) is 2.65. The summed E-state index contributed by atoms with van der Waals surface area (Å²) in [4.78, 5) is 21.1. The molecule has 1 heterocycles. The van der Waals surface area contributed by atoms with Gasteiger partial charge in [0.05, 0.1) is 16.8 Å². The van der Waals surface area contributed by atoms with Crippen molar-refractivity contribution in [1.29, 1.82) is 0 Å². The van der Waals surface area contributed by atoms with Gasteiger partial charge in [0.1, 0.15) is 0 Å². The number of nitrogens with zero attached hydrogens (tertiary/aromatic N) is 2. The second kappa shape index (κ2) is 7.58. The second-order valence-corrected chi connectivity index (χ2v) is 7.03. The van der Waals surface area contributed by atoms with Gasteiger partial charge in [-0.2, -0.15) is 4.99 Å². The highest BCUT2D eigenvalue weighted by molar-refractivity contribution is 6.10. The van der Waals surface area contributed by atoms with Crippen LogP contribution in [0, 0.1) is 5.92 Å². The number of rotatable bonds is 4. The molecule has 0 bridgehead atoms. The molecule has 0 aliphatic rings. The molecule has 0 saturated carbocycles. The molecule has 1 aromatic heterocycles. The summed E-state index contributed by atoms with van der Waals surface area (Å²) in [6.07, 6.45) is 0. The first-order valence-corrected chi connectivity index (χ1v) is 9.01. The summed E-state index contributed by atoms with van der Waals surface area (Å²) in [5.41, 5.74) is 15.0. The molecule has 138 valence electrons. The Morgan fingerprint density at radius 3 is 2.37 bits per heavy atom. The Balaban J connectivity index is 2.26. The van der Waals surface area contributed by atoms with Gasteiger partial charge in [-0.1, -0.05) is 63.2 Å². The molecule has 0 saturated heterocycles. The molecule has 1 atom stereocenters. The minimum absolute atomic E-state index is 0.253. The van der Waals surface area contributed by atoms with E-state index in [1.807, 2.05) is 42.5 Å². The molecular formula is C22H24N4O. The number of hydrogen-bond acceptors (Lipinski definition) is 2. The normalized spacial score (nSPS) is 12.1. The Morgan fingerprint density at radius 2 is 1.67 bits per heavy atom. The van der Waals surface area contributed by atoms with Crippen molar-refractivity contribution in [1.82, 2.24) is 4.98 Å². The average molecular weight is 360 g/mol. The summed E-state index contributed by atoms with van der Waals surface area (Å²) in [5.74, 6) is 0.112. The largest absolute Gasteiger partial charge is 0.370 e. The van der Waals surface area contributed by atoms with E-state index in [4.69, 9.17) is 16.5 Å². The molecule has 0 fully saturated rings. The molecule has 1 unspecified atom stereocenters. The first kappa shape index (κ1) is 18.6. The van der Waals surface area contributed by atoms with Crippen LogP contribution in [0.15, 0.2) is 59.6 Å². The van der Waals surface area contributed by atoms with Crippen LogP contribution < -0.4 is 11.5 Å². The van der Waals surface area contributed by atoms with Crippen LogP contribution in [0.1, 0.15) is 42.6 Å². The Hall–Kier alpha value is -3.21. The molecule has 5 heteroatoms. The van der Waals surface area contributed by atoms with E-state index in [1.165, 1.54) is 5.56 Å². The van der Waals surface area contributed by atoms with Crippen LogP contribution in [0.3, 0.4) is 0 Å². The number of carbonyl (C=O) groups excluding carboxylic acids is 1. The van der Waals surface area contributed by atoms with E-state index < -0.39 is 5.91 Å². The van der Waals surface area contributed by atoms with Crippen LogP contribution in [0.2, 0.25) is 0 Å². The predicted molar refractivity (Wildman–Crippen MR) is 111 cm³/mol. The van der Waals surface area contributed by atoms with Crippen molar-refractivity contribution in [2.45, 2.75) is 26.7 Å². The third-order valence-electron chi connectivity index (χ3n) is 4.90. The van der Waals surface area contributed by atoms with Crippen molar-refractivity contribution in [3.8, 4) is 11.3 Å². The fourth-order valence-corrected chi connectivity index (χ4v) is 3.15. The van der Waals surface area contributed by atoms with Gasteiger partial charge in [-0.3, -0.25) is 4.79 Å². The molecule has 3 aromatic rings. The van der Waals surface area contributed by atoms with E-state index in [-0.39, 0.29) is 5.96 Å². The molecule has 5 nitrogen and oxygen atoms in total. The lowest BCUT2D eigenvalue weighted by Gasteiger charge is -2.20. The summed E-state index contributed by atoms with van der Waals surface area (Å²) in [7, 11) is 0. The number of carbonyl (C=O) groups is 1. The van der Waals surface area contributed by atoms with Crippen LogP contribution in [0.25, 0.3) is 22.2 Å². The number of aliphatic imine (C=N–C) groups is 1. The number of nitrogens with two attached hydrogens (primary N) is 2. The van der Waals surface area contributed by atoms with Gasteiger partial charge in [-0.25, -0.2) is 4.98 Å². The van der Waals surface area contributed by atoms with Crippen LogP contribution in [-0.4, -0.2) is 16.9 Å². The summed E-state index contributed by atoms with van der Waals surface area (Å²) in [6.45, 7) is 6.60. The maximum atomic E-state index is 12.6. The minimum Gasteiger partial charge on any atom is -0.370 e. The van der Waals surface area contributed by atoms with E-state index in [9.17, 15) is 4.79 Å². The lowest BCUT2D eigenvalue weighted by Crippen LogP contribution is -2.24. The Morgan fingerprint density at radius 1 is 1.00 bits per heavy atom. The lowest BCUT2D eigenvalue weighted by molar-refractivity contribution is 0.100. The molecular weight excluding hydrogens is 336 g/mol. The first-order chi connectivity index (χ1) is 12.9. The second-order valence-electron chi connectivity index (χ2n) is 7.03. The van der Waals surface area contributed by atoms with Crippen molar-refractivity contribution < 1.29 is 4.79 Å². The third-order valence-corrected chi connectivity index (χ3v) is 4.90. The highest BCUT2D eigenvalue weighted by atomic mass is 16.1. The van der Waals surface area contributed by atoms with Gasteiger partial charge >= 0.3 is 0 Å². The van der Waals surface area contributed by atoms with Crippen LogP contribution in [0.5, 0.6) is 0 Å². The van der Waals surface area contributed by atoms with Crippen molar-refractivity contribution in [2.24, 2.45) is 22.4 Å². The van der Waals surface area contributed by atoms with E-state index in [2.05, 4.69) is 31.8 Å². The first-order valence-electron chi connectivity index (χ1n) is 9.01. The number of benzene rings is 2. The summed E-state index contributed by atoms with van der Waals surface area (Å²) >= 11 is 0. The smallest absolute Gasteiger partial charge is 0.280 e. The summed E-state index contributed by atoms with van der Waals surface area (Å²) in [6, 6.07) is 17.5. The van der Waals surface area contributed by atoms with Gasteiger partial charge in [0.15, 0.2) is 5.96 Å². The van der Waals surface area contributed by atoms with Crippen molar-refractivity contribution in [2.75, 3.05) is 0 Å². The molecule has 0 spiro atoms. The monoisotopic (exact) mass is 360 g/mol. The molecule has 0 aliphatic carbocycles. The molecule has 0 aliphatic heterocycles. The van der Waals surface area contributed by atoms with Gasteiger partial charge in [0.2, 0.25) is 0 Å². The lowest BCUT2D eigenvalue weighted by atomic mass is 9.86. The van der Waals surface area contributed by atoms with Crippen molar-refractivity contribution in [3.05, 3.63) is 65.7 Å². The quantitative estimate of drug-likeness (QED) is 0.541. The van der Waals surface area contributed by atoms with Gasteiger partial charge in [-0.05, 0) is 29.5 Å². The molecule has 2 aromatic carbocycles. The van der Waals surface area contributed by atoms with Gasteiger partial charge in [0.25, 0.3) is 5.91 Å². The standard InChI is InChI=1S/C22H24N4O/c1-13(2)14(3)15-8-4-5-9-16(15)20-12-18(21(27)26-22(23)24)17-10-6-7-11-19(17)25-20/h4-14H,1-3H3,(H4,23,24,26,27). The minimum atomic E-state index is -0.468. The molecule has 3 rings (SSSR count). The van der Waals surface area contributed by atoms with Crippen LogP contribution in [0.4, 0.5) is 0 Å².